The van der Waals surface area contributed by atoms with Crippen LogP contribution in [0.4, 0.5) is 0 Å². The first-order valence-corrected chi connectivity index (χ1v) is 5.81. The highest BCUT2D eigenvalue weighted by molar-refractivity contribution is 6.27. The van der Waals surface area contributed by atoms with Crippen LogP contribution in [-0.2, 0) is 4.79 Å². The lowest BCUT2D eigenvalue weighted by atomic mass is 10.2. The lowest BCUT2D eigenvalue weighted by Gasteiger charge is -2.28. The molecule has 0 aromatic heterocycles. The van der Waals surface area contributed by atoms with Crippen LogP contribution < -0.4 is 0 Å². The first-order valence-electron chi connectivity index (χ1n) is 5.28. The summed E-state index contributed by atoms with van der Waals surface area (Å²) in [4.78, 5) is 16.0. The van der Waals surface area contributed by atoms with E-state index in [0.717, 1.165) is 19.5 Å². The molecule has 2 aliphatic rings. The number of likely N-dealkylation sites (N-methyl/N-ethyl adjacent to an activating group) is 1. The summed E-state index contributed by atoms with van der Waals surface area (Å²) in [5.74, 6) is 0.256. The van der Waals surface area contributed by atoms with Gasteiger partial charge in [-0.1, -0.05) is 0 Å². The summed E-state index contributed by atoms with van der Waals surface area (Å²) < 4.78 is 0. The fourth-order valence-electron chi connectivity index (χ4n) is 2.27. The van der Waals surface area contributed by atoms with Gasteiger partial charge in [0.15, 0.2) is 0 Å². The maximum Gasteiger partial charge on any atom is 0.238 e. The van der Waals surface area contributed by atoms with Crippen molar-refractivity contribution in [2.45, 2.75) is 31.3 Å². The molecule has 0 aromatic carbocycles. The van der Waals surface area contributed by atoms with Crippen LogP contribution in [0.2, 0.25) is 0 Å². The van der Waals surface area contributed by atoms with Crippen LogP contribution >= 0.6 is 11.6 Å². The zero-order valence-electron chi connectivity index (χ0n) is 8.58. The van der Waals surface area contributed by atoms with Crippen molar-refractivity contribution in [1.82, 2.24) is 9.80 Å². The summed E-state index contributed by atoms with van der Waals surface area (Å²) in [7, 11) is 2.11. The maximum absolute atomic E-state index is 11.7. The first-order chi connectivity index (χ1) is 6.72. The molecule has 1 aliphatic carbocycles. The number of alkyl halides is 1. The third-order valence-electron chi connectivity index (χ3n) is 3.10. The standard InChI is InChI=1S/C10H17ClN2O/c1-12-5-4-9(7-12)13(8-2-3-8)10(14)6-11/h8-9H,2-7H2,1H3/t9-/m0/s1. The van der Waals surface area contributed by atoms with Crippen molar-refractivity contribution in [3.63, 3.8) is 0 Å². The molecule has 80 valence electrons. The van der Waals surface area contributed by atoms with Crippen LogP contribution in [0.3, 0.4) is 0 Å². The molecule has 1 heterocycles. The summed E-state index contributed by atoms with van der Waals surface area (Å²) in [6, 6.07) is 0.913. The second-order valence-corrected chi connectivity index (χ2v) is 4.64. The minimum Gasteiger partial charge on any atom is -0.334 e. The molecule has 0 spiro atoms. The van der Waals surface area contributed by atoms with Gasteiger partial charge >= 0.3 is 0 Å². The van der Waals surface area contributed by atoms with Crippen molar-refractivity contribution in [2.75, 3.05) is 26.0 Å². The number of carbonyl (C=O) groups is 1. The van der Waals surface area contributed by atoms with Crippen molar-refractivity contribution in [2.24, 2.45) is 0 Å². The van der Waals surface area contributed by atoms with E-state index in [9.17, 15) is 4.79 Å². The van der Waals surface area contributed by atoms with Gasteiger partial charge < -0.3 is 9.80 Å². The van der Waals surface area contributed by atoms with Gasteiger partial charge in [-0.15, -0.1) is 11.6 Å². The molecule has 0 aromatic rings. The van der Waals surface area contributed by atoms with Gasteiger partial charge in [-0.2, -0.15) is 0 Å². The second kappa shape index (κ2) is 4.07. The molecule has 0 radical (unpaired) electrons. The minimum atomic E-state index is 0.120. The molecule has 14 heavy (non-hydrogen) atoms. The third-order valence-corrected chi connectivity index (χ3v) is 3.33. The van der Waals surface area contributed by atoms with Crippen molar-refractivity contribution in [1.29, 1.82) is 0 Å². The van der Waals surface area contributed by atoms with E-state index in [0.29, 0.717) is 12.1 Å². The molecular formula is C10H17ClN2O. The Hall–Kier alpha value is -0.280. The zero-order chi connectivity index (χ0) is 10.1. The molecule has 3 nitrogen and oxygen atoms in total. The van der Waals surface area contributed by atoms with Crippen molar-refractivity contribution < 1.29 is 4.79 Å². The van der Waals surface area contributed by atoms with E-state index in [4.69, 9.17) is 11.6 Å². The summed E-state index contributed by atoms with van der Waals surface area (Å²) in [6.45, 7) is 2.11. The normalized spacial score (nSPS) is 28.0. The summed E-state index contributed by atoms with van der Waals surface area (Å²) in [5, 5.41) is 0. The lowest BCUT2D eigenvalue weighted by molar-refractivity contribution is -0.131. The number of hydrogen-bond acceptors (Lipinski definition) is 2. The first kappa shape index (κ1) is 10.2. The predicted octanol–water partition coefficient (Wildman–Crippen LogP) is 0.920. The van der Waals surface area contributed by atoms with Crippen LogP contribution in [0, 0.1) is 0 Å². The molecule has 0 N–H and O–H groups in total. The Morgan fingerprint density at radius 2 is 2.14 bits per heavy atom. The molecule has 0 unspecified atom stereocenters. The smallest absolute Gasteiger partial charge is 0.238 e. The highest BCUT2D eigenvalue weighted by Gasteiger charge is 2.38. The molecule has 2 rings (SSSR count). The fraction of sp³-hybridized carbons (Fsp3) is 0.900. The minimum absolute atomic E-state index is 0.120. The van der Waals surface area contributed by atoms with Crippen molar-refractivity contribution in [3.05, 3.63) is 0 Å². The van der Waals surface area contributed by atoms with Crippen molar-refractivity contribution in [3.8, 4) is 0 Å². The molecule has 1 aliphatic heterocycles. The molecular weight excluding hydrogens is 200 g/mol. The molecule has 1 amide bonds. The quantitative estimate of drug-likeness (QED) is 0.656. The number of nitrogens with zero attached hydrogens (tertiary/aromatic N) is 2. The highest BCUT2D eigenvalue weighted by atomic mass is 35.5. The van der Waals surface area contributed by atoms with Crippen LogP contribution in [0.15, 0.2) is 0 Å². The Bertz CT molecular complexity index is 230. The van der Waals surface area contributed by atoms with E-state index >= 15 is 0 Å². The Balaban J connectivity index is 1.99. The lowest BCUT2D eigenvalue weighted by Crippen LogP contribution is -2.43. The topological polar surface area (TPSA) is 23.6 Å². The van der Waals surface area contributed by atoms with Gasteiger partial charge in [0.05, 0.1) is 0 Å². The number of halogens is 1. The van der Waals surface area contributed by atoms with E-state index in [-0.39, 0.29) is 11.8 Å². The maximum atomic E-state index is 11.7. The molecule has 1 atom stereocenters. The molecule has 4 heteroatoms. The Kier molecular flexibility index (Phi) is 2.98. The van der Waals surface area contributed by atoms with E-state index in [1.165, 1.54) is 12.8 Å². The molecule has 1 saturated heterocycles. The number of rotatable bonds is 3. The Labute approximate surface area is 90.0 Å². The van der Waals surface area contributed by atoms with Gasteiger partial charge in [0, 0.05) is 18.6 Å². The Morgan fingerprint density at radius 1 is 1.43 bits per heavy atom. The number of hydrogen-bond donors (Lipinski definition) is 0. The SMILES string of the molecule is CN1CC[C@H](N(C(=O)CCl)C2CC2)C1. The van der Waals surface area contributed by atoms with E-state index in [2.05, 4.69) is 11.9 Å². The second-order valence-electron chi connectivity index (χ2n) is 4.37. The number of likely N-dealkylation sites (tertiary alicyclic amines) is 1. The third kappa shape index (κ3) is 2.04. The van der Waals surface area contributed by atoms with Crippen LogP contribution in [0.1, 0.15) is 19.3 Å². The summed E-state index contributed by atoms with van der Waals surface area (Å²) in [6.07, 6.45) is 3.45. The average Bonchev–Trinajstić information content (AvgIpc) is 2.90. The van der Waals surface area contributed by atoms with Gasteiger partial charge in [0.1, 0.15) is 5.88 Å². The van der Waals surface area contributed by atoms with Gasteiger partial charge in [0.2, 0.25) is 5.91 Å². The van der Waals surface area contributed by atoms with Gasteiger partial charge in [0.25, 0.3) is 0 Å². The van der Waals surface area contributed by atoms with Crippen LogP contribution in [0.25, 0.3) is 0 Å². The fourth-order valence-corrected chi connectivity index (χ4v) is 2.40. The molecule has 2 fully saturated rings. The average molecular weight is 217 g/mol. The van der Waals surface area contributed by atoms with E-state index < -0.39 is 0 Å². The Morgan fingerprint density at radius 3 is 2.57 bits per heavy atom. The monoisotopic (exact) mass is 216 g/mol. The number of carbonyl (C=O) groups excluding carboxylic acids is 1. The zero-order valence-corrected chi connectivity index (χ0v) is 9.33. The summed E-state index contributed by atoms with van der Waals surface area (Å²) in [5.41, 5.74) is 0. The van der Waals surface area contributed by atoms with E-state index in [1.54, 1.807) is 0 Å². The van der Waals surface area contributed by atoms with Crippen LogP contribution in [-0.4, -0.2) is 53.8 Å². The highest BCUT2D eigenvalue weighted by Crippen LogP contribution is 2.31. The largest absolute Gasteiger partial charge is 0.334 e. The van der Waals surface area contributed by atoms with Crippen molar-refractivity contribution >= 4 is 17.5 Å². The van der Waals surface area contributed by atoms with Gasteiger partial charge in [-0.05, 0) is 32.9 Å². The van der Waals surface area contributed by atoms with Crippen LogP contribution in [0.5, 0.6) is 0 Å². The molecule has 1 saturated carbocycles. The molecule has 0 bridgehead atoms. The van der Waals surface area contributed by atoms with Gasteiger partial charge in [-0.25, -0.2) is 0 Å². The number of amides is 1. The van der Waals surface area contributed by atoms with E-state index in [1.807, 2.05) is 4.90 Å². The van der Waals surface area contributed by atoms with Gasteiger partial charge in [-0.3, -0.25) is 4.79 Å². The summed E-state index contributed by atoms with van der Waals surface area (Å²) >= 11 is 5.63. The predicted molar refractivity (Wildman–Crippen MR) is 56.5 cm³/mol.